The van der Waals surface area contributed by atoms with Crippen LogP contribution in [0.15, 0.2) is 36.8 Å². The zero-order chi connectivity index (χ0) is 16.6. The van der Waals surface area contributed by atoms with Gasteiger partial charge in [0.25, 0.3) is 5.91 Å². The van der Waals surface area contributed by atoms with Crippen molar-refractivity contribution in [1.82, 2.24) is 20.1 Å². The Morgan fingerprint density at radius 1 is 1.35 bits per heavy atom. The minimum Gasteiger partial charge on any atom is -0.391 e. The molecule has 0 bridgehead atoms. The third-order valence-electron chi connectivity index (χ3n) is 3.77. The Morgan fingerprint density at radius 2 is 2.13 bits per heavy atom. The summed E-state index contributed by atoms with van der Waals surface area (Å²) in [5, 5.41) is 16.3. The third kappa shape index (κ3) is 2.91. The molecular weight excluding hydrogens is 313 g/mol. The number of hydrogen-bond donors (Lipinski definition) is 2. The summed E-state index contributed by atoms with van der Waals surface area (Å²) >= 11 is 0. The minimum atomic E-state index is -4.71. The second kappa shape index (κ2) is 5.65. The molecule has 1 fully saturated rings. The second-order valence-electron chi connectivity index (χ2n) is 5.26. The van der Waals surface area contributed by atoms with E-state index in [9.17, 15) is 23.1 Å². The summed E-state index contributed by atoms with van der Waals surface area (Å²) in [6.45, 7) is 0. The zero-order valence-corrected chi connectivity index (χ0v) is 11.7. The highest BCUT2D eigenvalue weighted by molar-refractivity contribution is 5.95. The van der Waals surface area contributed by atoms with Crippen LogP contribution in [0, 0.1) is 0 Å². The maximum atomic E-state index is 12.9. The number of aliphatic hydroxyl groups is 1. The number of hydrogen-bond acceptors (Lipinski definition) is 4. The van der Waals surface area contributed by atoms with Crippen molar-refractivity contribution >= 4 is 5.91 Å². The van der Waals surface area contributed by atoms with Crippen molar-refractivity contribution in [2.75, 3.05) is 0 Å². The molecule has 2 heterocycles. The molecular formula is C14H13F3N4O2. The first-order valence-electron chi connectivity index (χ1n) is 6.88. The lowest BCUT2D eigenvalue weighted by Gasteiger charge is -2.41. The number of amides is 1. The predicted molar refractivity (Wildman–Crippen MR) is 72.4 cm³/mol. The van der Waals surface area contributed by atoms with Crippen molar-refractivity contribution in [3.05, 3.63) is 48.0 Å². The summed E-state index contributed by atoms with van der Waals surface area (Å²) in [6, 6.07) is 3.00. The van der Waals surface area contributed by atoms with Gasteiger partial charge in [-0.15, -0.1) is 0 Å². The maximum absolute atomic E-state index is 12.9. The average molecular weight is 326 g/mol. The Morgan fingerprint density at radius 3 is 2.74 bits per heavy atom. The number of pyridine rings is 1. The van der Waals surface area contributed by atoms with Gasteiger partial charge in [0.1, 0.15) is 0 Å². The first kappa shape index (κ1) is 15.5. The van der Waals surface area contributed by atoms with Crippen LogP contribution >= 0.6 is 0 Å². The molecule has 1 amide bonds. The summed E-state index contributed by atoms with van der Waals surface area (Å²) in [6.07, 6.45) is -1.05. The van der Waals surface area contributed by atoms with E-state index in [1.54, 1.807) is 12.3 Å². The fourth-order valence-electron chi connectivity index (χ4n) is 2.63. The van der Waals surface area contributed by atoms with Crippen molar-refractivity contribution in [1.29, 1.82) is 0 Å². The van der Waals surface area contributed by atoms with Gasteiger partial charge in [0, 0.05) is 18.6 Å². The van der Waals surface area contributed by atoms with Crippen LogP contribution in [0.25, 0.3) is 0 Å². The molecule has 3 rings (SSSR count). The van der Waals surface area contributed by atoms with E-state index in [2.05, 4.69) is 15.4 Å². The van der Waals surface area contributed by atoms with Crippen LogP contribution in [-0.2, 0) is 6.18 Å². The van der Waals surface area contributed by atoms with E-state index in [4.69, 9.17) is 0 Å². The second-order valence-corrected chi connectivity index (χ2v) is 5.26. The molecule has 0 spiro atoms. The Labute approximate surface area is 129 Å². The molecule has 6 nitrogen and oxygen atoms in total. The van der Waals surface area contributed by atoms with Crippen molar-refractivity contribution in [3.8, 4) is 0 Å². The van der Waals surface area contributed by atoms with Crippen LogP contribution in [0.4, 0.5) is 13.2 Å². The first-order chi connectivity index (χ1) is 10.9. The standard InChI is InChI=1S/C14H13F3N4O2/c15-14(16,17)12-8(3-1-4-18-12)13(23)20-9-7-10(22)11(9)21-6-2-5-19-21/h1-6,9-11,22H,7H2,(H,20,23)/t9-,10+,11+/m0/s1. The molecule has 122 valence electrons. The van der Waals surface area contributed by atoms with Crippen LogP contribution in [0.1, 0.15) is 28.5 Å². The highest BCUT2D eigenvalue weighted by Crippen LogP contribution is 2.34. The summed E-state index contributed by atoms with van der Waals surface area (Å²) in [5.41, 5.74) is -1.77. The molecule has 0 aliphatic heterocycles. The molecule has 1 aliphatic rings. The van der Waals surface area contributed by atoms with Gasteiger partial charge >= 0.3 is 6.18 Å². The quantitative estimate of drug-likeness (QED) is 0.893. The van der Waals surface area contributed by atoms with Gasteiger partial charge in [0.15, 0.2) is 5.69 Å². The normalized spacial score (nSPS) is 24.1. The fourth-order valence-corrected chi connectivity index (χ4v) is 2.63. The van der Waals surface area contributed by atoms with Crippen molar-refractivity contribution in [2.45, 2.75) is 30.8 Å². The topological polar surface area (TPSA) is 80.0 Å². The zero-order valence-electron chi connectivity index (χ0n) is 11.7. The highest BCUT2D eigenvalue weighted by atomic mass is 19.4. The molecule has 1 aliphatic carbocycles. The van der Waals surface area contributed by atoms with Crippen molar-refractivity contribution in [3.63, 3.8) is 0 Å². The summed E-state index contributed by atoms with van der Waals surface area (Å²) in [5.74, 6) is -0.875. The molecule has 0 radical (unpaired) electrons. The Hall–Kier alpha value is -2.42. The van der Waals surface area contributed by atoms with Gasteiger partial charge in [-0.05, 0) is 24.6 Å². The van der Waals surface area contributed by atoms with E-state index in [-0.39, 0.29) is 6.42 Å². The first-order valence-corrected chi connectivity index (χ1v) is 6.88. The number of aromatic nitrogens is 3. The largest absolute Gasteiger partial charge is 0.434 e. The summed E-state index contributed by atoms with van der Waals surface area (Å²) < 4.78 is 40.2. The van der Waals surface area contributed by atoms with Gasteiger partial charge in [-0.1, -0.05) is 0 Å². The number of nitrogens with zero attached hydrogens (tertiary/aromatic N) is 3. The Kier molecular flexibility index (Phi) is 3.80. The van der Waals surface area contributed by atoms with Crippen LogP contribution in [0.3, 0.4) is 0 Å². The minimum absolute atomic E-state index is 0.248. The molecule has 23 heavy (non-hydrogen) atoms. The average Bonchev–Trinajstić information content (AvgIpc) is 2.99. The molecule has 0 unspecified atom stereocenters. The maximum Gasteiger partial charge on any atom is 0.434 e. The SMILES string of the molecule is O=C(N[C@H]1C[C@@H](O)[C@@H]1n1cccn1)c1cccnc1C(F)(F)F. The van der Waals surface area contributed by atoms with Gasteiger partial charge in [0.05, 0.1) is 23.8 Å². The Bertz CT molecular complexity index is 702. The van der Waals surface area contributed by atoms with Crippen LogP contribution in [0.2, 0.25) is 0 Å². The fraction of sp³-hybridized carbons (Fsp3) is 0.357. The van der Waals surface area contributed by atoms with Gasteiger partial charge in [0.2, 0.25) is 0 Å². The number of alkyl halides is 3. The van der Waals surface area contributed by atoms with E-state index in [1.165, 1.54) is 16.9 Å². The lowest BCUT2D eigenvalue weighted by molar-refractivity contribution is -0.141. The molecule has 1 saturated carbocycles. The van der Waals surface area contributed by atoms with Crippen molar-refractivity contribution in [2.24, 2.45) is 0 Å². The highest BCUT2D eigenvalue weighted by Gasteiger charge is 2.44. The van der Waals surface area contributed by atoms with E-state index >= 15 is 0 Å². The summed E-state index contributed by atoms with van der Waals surface area (Å²) in [7, 11) is 0. The Balaban J connectivity index is 1.78. The number of aliphatic hydroxyl groups excluding tert-OH is 1. The van der Waals surface area contributed by atoms with E-state index in [0.29, 0.717) is 0 Å². The van der Waals surface area contributed by atoms with Gasteiger partial charge < -0.3 is 10.4 Å². The molecule has 2 N–H and O–H groups in total. The number of halogens is 3. The van der Waals surface area contributed by atoms with E-state index in [1.807, 2.05) is 0 Å². The lowest BCUT2D eigenvalue weighted by atomic mass is 9.83. The number of carbonyl (C=O) groups is 1. The lowest BCUT2D eigenvalue weighted by Crippen LogP contribution is -2.56. The van der Waals surface area contributed by atoms with Crippen molar-refractivity contribution < 1.29 is 23.1 Å². The van der Waals surface area contributed by atoms with E-state index < -0.39 is 41.5 Å². The molecule has 0 aromatic carbocycles. The van der Waals surface area contributed by atoms with Gasteiger partial charge in [-0.25, -0.2) is 0 Å². The van der Waals surface area contributed by atoms with Gasteiger partial charge in [-0.3, -0.25) is 14.5 Å². The number of nitrogens with one attached hydrogen (secondary N) is 1. The third-order valence-corrected chi connectivity index (χ3v) is 3.77. The number of rotatable bonds is 3. The molecule has 2 aromatic rings. The predicted octanol–water partition coefficient (Wildman–Crippen LogP) is 1.40. The molecule has 2 aromatic heterocycles. The van der Waals surface area contributed by atoms with E-state index in [0.717, 1.165) is 12.3 Å². The molecule has 9 heteroatoms. The monoisotopic (exact) mass is 326 g/mol. The van der Waals surface area contributed by atoms with Crippen LogP contribution < -0.4 is 5.32 Å². The summed E-state index contributed by atoms with van der Waals surface area (Å²) in [4.78, 5) is 15.4. The van der Waals surface area contributed by atoms with Crippen LogP contribution in [-0.4, -0.2) is 37.9 Å². The van der Waals surface area contributed by atoms with Gasteiger partial charge in [-0.2, -0.15) is 18.3 Å². The molecule has 3 atom stereocenters. The smallest absolute Gasteiger partial charge is 0.391 e. The van der Waals surface area contributed by atoms with Crippen LogP contribution in [0.5, 0.6) is 0 Å². The number of carbonyl (C=O) groups excluding carboxylic acids is 1. The molecule has 0 saturated heterocycles.